The van der Waals surface area contributed by atoms with Gasteiger partial charge in [-0.3, -0.25) is 4.79 Å². The molecule has 0 spiro atoms. The lowest BCUT2D eigenvalue weighted by atomic mass is 10.1. The van der Waals surface area contributed by atoms with Crippen LogP contribution in [0.15, 0.2) is 22.7 Å². The highest BCUT2D eigenvalue weighted by Crippen LogP contribution is 2.19. The van der Waals surface area contributed by atoms with Gasteiger partial charge >= 0.3 is 0 Å². The molecule has 1 amide bonds. The minimum absolute atomic E-state index is 0.0499. The fourth-order valence-electron chi connectivity index (χ4n) is 2.07. The normalized spacial score (nSPS) is 21.9. The van der Waals surface area contributed by atoms with Crippen molar-refractivity contribution < 1.29 is 17.6 Å². The highest BCUT2D eigenvalue weighted by molar-refractivity contribution is 9.10. The topological polar surface area (TPSA) is 63.2 Å². The summed E-state index contributed by atoms with van der Waals surface area (Å²) < 4.78 is 36.5. The van der Waals surface area contributed by atoms with Crippen molar-refractivity contribution >= 4 is 31.7 Å². The molecule has 7 heteroatoms. The van der Waals surface area contributed by atoms with Crippen molar-refractivity contribution in [2.45, 2.75) is 18.9 Å². The standard InChI is InChI=1S/C12H13BrFNO3S/c13-11-4-3-8(14)6-10(11)12(16)15-9-2-1-5-19(17,18)7-9/h3-4,6,9H,1-2,5,7H2,(H,15,16). The molecule has 1 aromatic rings. The van der Waals surface area contributed by atoms with E-state index in [-0.39, 0.29) is 17.1 Å². The molecular weight excluding hydrogens is 337 g/mol. The Balaban J connectivity index is 2.11. The fourth-order valence-corrected chi connectivity index (χ4v) is 4.13. The Kier molecular flexibility index (Phi) is 4.25. The number of rotatable bonds is 2. The number of benzene rings is 1. The molecule has 0 radical (unpaired) electrons. The lowest BCUT2D eigenvalue weighted by Crippen LogP contribution is -2.43. The van der Waals surface area contributed by atoms with Crippen molar-refractivity contribution in [3.8, 4) is 0 Å². The fraction of sp³-hybridized carbons (Fsp3) is 0.417. The molecule has 1 fully saturated rings. The number of carbonyl (C=O) groups excluding carboxylic acids is 1. The second-order valence-corrected chi connectivity index (χ2v) is 7.63. The van der Waals surface area contributed by atoms with Gasteiger partial charge in [-0.05, 0) is 47.0 Å². The van der Waals surface area contributed by atoms with E-state index in [2.05, 4.69) is 21.2 Å². The van der Waals surface area contributed by atoms with Gasteiger partial charge in [0.25, 0.3) is 5.91 Å². The van der Waals surface area contributed by atoms with Crippen molar-refractivity contribution in [3.05, 3.63) is 34.1 Å². The van der Waals surface area contributed by atoms with E-state index in [0.717, 1.165) is 6.07 Å². The number of nitrogens with one attached hydrogen (secondary N) is 1. The summed E-state index contributed by atoms with van der Waals surface area (Å²) in [5.74, 6) is -0.854. The third kappa shape index (κ3) is 3.76. The third-order valence-corrected chi connectivity index (χ3v) is 5.48. The summed E-state index contributed by atoms with van der Waals surface area (Å²) in [5.41, 5.74) is 0.169. The minimum atomic E-state index is -3.08. The average molecular weight is 350 g/mol. The highest BCUT2D eigenvalue weighted by atomic mass is 79.9. The maximum Gasteiger partial charge on any atom is 0.252 e. The van der Waals surface area contributed by atoms with Crippen LogP contribution < -0.4 is 5.32 Å². The van der Waals surface area contributed by atoms with E-state index < -0.39 is 27.6 Å². The van der Waals surface area contributed by atoms with Gasteiger partial charge < -0.3 is 5.32 Å². The number of halogens is 2. The first-order chi connectivity index (χ1) is 8.87. The molecule has 0 aliphatic carbocycles. The van der Waals surface area contributed by atoms with E-state index in [1.54, 1.807) is 0 Å². The molecule has 4 nitrogen and oxygen atoms in total. The molecule has 1 aliphatic rings. The first-order valence-electron chi connectivity index (χ1n) is 5.84. The lowest BCUT2D eigenvalue weighted by Gasteiger charge is -2.23. The van der Waals surface area contributed by atoms with Crippen molar-refractivity contribution in [2.24, 2.45) is 0 Å². The number of hydrogen-bond acceptors (Lipinski definition) is 3. The summed E-state index contributed by atoms with van der Waals surface area (Å²) in [7, 11) is -3.08. The van der Waals surface area contributed by atoms with Crippen LogP contribution in [0.2, 0.25) is 0 Å². The van der Waals surface area contributed by atoms with Gasteiger partial charge in [-0.15, -0.1) is 0 Å². The Hall–Kier alpha value is -0.950. The molecule has 1 unspecified atom stereocenters. The predicted molar refractivity (Wildman–Crippen MR) is 73.2 cm³/mol. The van der Waals surface area contributed by atoms with Crippen LogP contribution in [0.25, 0.3) is 0 Å². The number of hydrogen-bond donors (Lipinski definition) is 1. The van der Waals surface area contributed by atoms with Gasteiger partial charge in [0.2, 0.25) is 0 Å². The molecule has 1 N–H and O–H groups in total. The van der Waals surface area contributed by atoms with Crippen LogP contribution in [0.5, 0.6) is 0 Å². The van der Waals surface area contributed by atoms with Gasteiger partial charge in [-0.25, -0.2) is 12.8 Å². The van der Waals surface area contributed by atoms with E-state index >= 15 is 0 Å². The predicted octanol–water partition coefficient (Wildman–Crippen LogP) is 1.90. The van der Waals surface area contributed by atoms with Gasteiger partial charge in [-0.2, -0.15) is 0 Å². The number of amides is 1. The van der Waals surface area contributed by atoms with Crippen LogP contribution in [0.4, 0.5) is 4.39 Å². The van der Waals surface area contributed by atoms with Crippen molar-refractivity contribution in [3.63, 3.8) is 0 Å². The van der Waals surface area contributed by atoms with E-state index in [1.807, 2.05) is 0 Å². The van der Waals surface area contributed by atoms with E-state index in [9.17, 15) is 17.6 Å². The molecule has 0 aromatic heterocycles. The number of carbonyl (C=O) groups is 1. The summed E-state index contributed by atoms with van der Waals surface area (Å²) in [6.45, 7) is 0. The van der Waals surface area contributed by atoms with E-state index in [4.69, 9.17) is 0 Å². The van der Waals surface area contributed by atoms with E-state index in [0.29, 0.717) is 17.3 Å². The largest absolute Gasteiger partial charge is 0.348 e. The van der Waals surface area contributed by atoms with Crippen LogP contribution in [0, 0.1) is 5.82 Å². The molecule has 104 valence electrons. The Morgan fingerprint density at radius 3 is 2.84 bits per heavy atom. The van der Waals surface area contributed by atoms with Crippen molar-refractivity contribution in [1.82, 2.24) is 5.32 Å². The Morgan fingerprint density at radius 1 is 1.42 bits per heavy atom. The Bertz CT molecular complexity index is 603. The van der Waals surface area contributed by atoms with Crippen LogP contribution in [-0.2, 0) is 9.84 Å². The van der Waals surface area contributed by atoms with Crippen LogP contribution in [0.1, 0.15) is 23.2 Å². The molecule has 1 aliphatic heterocycles. The second kappa shape index (κ2) is 5.58. The third-order valence-electron chi connectivity index (χ3n) is 2.97. The molecule has 1 saturated heterocycles. The molecule has 2 rings (SSSR count). The molecule has 1 heterocycles. The zero-order chi connectivity index (χ0) is 14.0. The summed E-state index contributed by atoms with van der Waals surface area (Å²) in [4.78, 5) is 12.0. The van der Waals surface area contributed by atoms with Gasteiger partial charge in [0, 0.05) is 10.5 Å². The average Bonchev–Trinajstić information content (AvgIpc) is 2.31. The second-order valence-electron chi connectivity index (χ2n) is 4.55. The van der Waals surface area contributed by atoms with Crippen molar-refractivity contribution in [1.29, 1.82) is 0 Å². The van der Waals surface area contributed by atoms with Gasteiger partial charge in [0.05, 0.1) is 17.1 Å². The quantitative estimate of drug-likeness (QED) is 0.886. The Labute approximate surface area is 119 Å². The zero-order valence-corrected chi connectivity index (χ0v) is 12.4. The summed E-state index contributed by atoms with van der Waals surface area (Å²) in [6, 6.07) is 3.41. The molecule has 19 heavy (non-hydrogen) atoms. The molecule has 0 saturated carbocycles. The highest BCUT2D eigenvalue weighted by Gasteiger charge is 2.26. The maximum atomic E-state index is 13.1. The van der Waals surface area contributed by atoms with Crippen LogP contribution >= 0.6 is 15.9 Å². The van der Waals surface area contributed by atoms with Crippen LogP contribution in [0.3, 0.4) is 0 Å². The van der Waals surface area contributed by atoms with Crippen molar-refractivity contribution in [2.75, 3.05) is 11.5 Å². The Morgan fingerprint density at radius 2 is 2.16 bits per heavy atom. The monoisotopic (exact) mass is 349 g/mol. The van der Waals surface area contributed by atoms with E-state index in [1.165, 1.54) is 12.1 Å². The first kappa shape index (κ1) is 14.5. The number of sulfone groups is 1. The minimum Gasteiger partial charge on any atom is -0.348 e. The lowest BCUT2D eigenvalue weighted by molar-refractivity contribution is 0.0937. The molecule has 1 atom stereocenters. The summed E-state index contributed by atoms with van der Waals surface area (Å²) >= 11 is 3.17. The maximum absolute atomic E-state index is 13.1. The smallest absolute Gasteiger partial charge is 0.252 e. The van der Waals surface area contributed by atoms with Gasteiger partial charge in [0.15, 0.2) is 9.84 Å². The SMILES string of the molecule is O=C(NC1CCCS(=O)(=O)C1)c1cc(F)ccc1Br. The molecular formula is C12H13BrFNO3S. The summed E-state index contributed by atoms with van der Waals surface area (Å²) in [6.07, 6.45) is 1.16. The van der Waals surface area contributed by atoms with Gasteiger partial charge in [-0.1, -0.05) is 0 Å². The molecule has 0 bridgehead atoms. The summed E-state index contributed by atoms with van der Waals surface area (Å²) in [5, 5.41) is 2.64. The van der Waals surface area contributed by atoms with Gasteiger partial charge in [0.1, 0.15) is 5.82 Å². The first-order valence-corrected chi connectivity index (χ1v) is 8.45. The molecule has 1 aromatic carbocycles. The zero-order valence-electron chi connectivity index (χ0n) is 10.0. The van der Waals surface area contributed by atoms with Crippen LogP contribution in [-0.4, -0.2) is 31.9 Å².